The van der Waals surface area contributed by atoms with Crippen molar-refractivity contribution in [2.24, 2.45) is 0 Å². The molecular formula is C12H17NO3. The van der Waals surface area contributed by atoms with Gasteiger partial charge in [0.25, 0.3) is 0 Å². The van der Waals surface area contributed by atoms with E-state index in [1.54, 1.807) is 12.4 Å². The highest BCUT2D eigenvalue weighted by molar-refractivity contribution is 5.66. The highest BCUT2D eigenvalue weighted by atomic mass is 16.5. The van der Waals surface area contributed by atoms with Crippen molar-refractivity contribution >= 4 is 5.97 Å². The number of hydrogen-bond donors (Lipinski definition) is 1. The summed E-state index contributed by atoms with van der Waals surface area (Å²) < 4.78 is 5.44. The van der Waals surface area contributed by atoms with Gasteiger partial charge in [-0.2, -0.15) is 0 Å². The number of carbonyl (C=O) groups is 1. The van der Waals surface area contributed by atoms with E-state index in [1.165, 1.54) is 0 Å². The summed E-state index contributed by atoms with van der Waals surface area (Å²) in [6.07, 6.45) is 6.31. The molecule has 0 spiro atoms. The lowest BCUT2D eigenvalue weighted by atomic mass is 10.2. The SMILES string of the molecule is O=C(O)CCCCCOCc1cccnc1. The van der Waals surface area contributed by atoms with Gasteiger partial charge in [-0.3, -0.25) is 9.78 Å². The first-order valence-electron chi connectivity index (χ1n) is 5.47. The van der Waals surface area contributed by atoms with Crippen LogP contribution in [0.3, 0.4) is 0 Å². The van der Waals surface area contributed by atoms with E-state index in [2.05, 4.69) is 4.98 Å². The van der Waals surface area contributed by atoms with E-state index in [-0.39, 0.29) is 6.42 Å². The number of carboxylic acids is 1. The lowest BCUT2D eigenvalue weighted by molar-refractivity contribution is -0.137. The summed E-state index contributed by atoms with van der Waals surface area (Å²) >= 11 is 0. The van der Waals surface area contributed by atoms with Crippen LogP contribution < -0.4 is 0 Å². The van der Waals surface area contributed by atoms with Gasteiger partial charge >= 0.3 is 5.97 Å². The van der Waals surface area contributed by atoms with Crippen molar-refractivity contribution in [1.29, 1.82) is 0 Å². The van der Waals surface area contributed by atoms with Gasteiger partial charge in [0, 0.05) is 25.4 Å². The maximum atomic E-state index is 10.2. The van der Waals surface area contributed by atoms with Gasteiger partial charge in [-0.1, -0.05) is 12.5 Å². The molecule has 0 saturated heterocycles. The van der Waals surface area contributed by atoms with E-state index in [4.69, 9.17) is 9.84 Å². The molecule has 1 rings (SSSR count). The van der Waals surface area contributed by atoms with Crippen LogP contribution in [-0.2, 0) is 16.1 Å². The number of carboxylic acid groups (broad SMARTS) is 1. The molecule has 0 aliphatic heterocycles. The molecule has 1 aromatic heterocycles. The van der Waals surface area contributed by atoms with Crippen LogP contribution in [0.1, 0.15) is 31.2 Å². The fourth-order valence-corrected chi connectivity index (χ4v) is 1.33. The Bertz CT molecular complexity index is 300. The molecule has 0 amide bonds. The van der Waals surface area contributed by atoms with Gasteiger partial charge in [0.15, 0.2) is 0 Å². The fourth-order valence-electron chi connectivity index (χ4n) is 1.33. The minimum atomic E-state index is -0.726. The summed E-state index contributed by atoms with van der Waals surface area (Å²) in [5, 5.41) is 8.43. The molecule has 0 aliphatic carbocycles. The second-order valence-corrected chi connectivity index (χ2v) is 3.62. The van der Waals surface area contributed by atoms with Crippen molar-refractivity contribution in [2.45, 2.75) is 32.3 Å². The van der Waals surface area contributed by atoms with Crippen LogP contribution >= 0.6 is 0 Å². The molecule has 0 fully saturated rings. The summed E-state index contributed by atoms with van der Waals surface area (Å²) in [5.41, 5.74) is 1.06. The van der Waals surface area contributed by atoms with Crippen LogP contribution in [-0.4, -0.2) is 22.7 Å². The molecule has 0 radical (unpaired) electrons. The zero-order chi connectivity index (χ0) is 11.6. The van der Waals surface area contributed by atoms with Crippen molar-refractivity contribution in [3.05, 3.63) is 30.1 Å². The Labute approximate surface area is 95.3 Å². The van der Waals surface area contributed by atoms with Crippen LogP contribution in [0.15, 0.2) is 24.5 Å². The second kappa shape index (κ2) is 7.82. The predicted molar refractivity (Wildman–Crippen MR) is 60.0 cm³/mol. The zero-order valence-electron chi connectivity index (χ0n) is 9.26. The lowest BCUT2D eigenvalue weighted by Crippen LogP contribution is -1.97. The first-order chi connectivity index (χ1) is 7.79. The van der Waals surface area contributed by atoms with Crippen molar-refractivity contribution in [2.75, 3.05) is 6.61 Å². The summed E-state index contributed by atoms with van der Waals surface area (Å²) in [6.45, 7) is 1.25. The fraction of sp³-hybridized carbons (Fsp3) is 0.500. The Kier molecular flexibility index (Phi) is 6.18. The molecule has 1 N–H and O–H groups in total. The maximum absolute atomic E-state index is 10.2. The second-order valence-electron chi connectivity index (χ2n) is 3.62. The normalized spacial score (nSPS) is 10.2. The minimum absolute atomic E-state index is 0.253. The van der Waals surface area contributed by atoms with E-state index in [0.29, 0.717) is 13.2 Å². The number of rotatable bonds is 8. The van der Waals surface area contributed by atoms with E-state index in [1.807, 2.05) is 12.1 Å². The number of ether oxygens (including phenoxy) is 1. The van der Waals surface area contributed by atoms with Crippen LogP contribution in [0.5, 0.6) is 0 Å². The molecule has 1 heterocycles. The standard InChI is InChI=1S/C12H17NO3/c14-12(15)6-2-1-3-8-16-10-11-5-4-7-13-9-11/h4-5,7,9H,1-3,6,8,10H2,(H,14,15). The molecule has 0 aliphatic rings. The summed E-state index contributed by atoms with van der Waals surface area (Å²) in [4.78, 5) is 14.2. The Morgan fingerprint density at radius 3 is 2.94 bits per heavy atom. The lowest BCUT2D eigenvalue weighted by Gasteiger charge is -2.03. The molecule has 0 aromatic carbocycles. The molecule has 0 unspecified atom stereocenters. The Morgan fingerprint density at radius 1 is 1.38 bits per heavy atom. The van der Waals surface area contributed by atoms with E-state index in [0.717, 1.165) is 24.8 Å². The highest BCUT2D eigenvalue weighted by Crippen LogP contribution is 2.02. The first-order valence-corrected chi connectivity index (χ1v) is 5.47. The number of hydrogen-bond acceptors (Lipinski definition) is 3. The van der Waals surface area contributed by atoms with Crippen LogP contribution in [0.2, 0.25) is 0 Å². The molecule has 0 bridgehead atoms. The van der Waals surface area contributed by atoms with Crippen LogP contribution in [0.25, 0.3) is 0 Å². The third-order valence-electron chi connectivity index (χ3n) is 2.17. The van der Waals surface area contributed by atoms with Crippen molar-refractivity contribution in [3.63, 3.8) is 0 Å². The summed E-state index contributed by atoms with van der Waals surface area (Å²) in [7, 11) is 0. The number of nitrogens with zero attached hydrogens (tertiary/aromatic N) is 1. The summed E-state index contributed by atoms with van der Waals surface area (Å²) in [5.74, 6) is -0.726. The first kappa shape index (κ1) is 12.6. The third kappa shape index (κ3) is 6.14. The van der Waals surface area contributed by atoms with Gasteiger partial charge < -0.3 is 9.84 Å². The molecular weight excluding hydrogens is 206 g/mol. The van der Waals surface area contributed by atoms with Gasteiger partial charge in [-0.25, -0.2) is 0 Å². The largest absolute Gasteiger partial charge is 0.481 e. The monoisotopic (exact) mass is 223 g/mol. The predicted octanol–water partition coefficient (Wildman–Crippen LogP) is 2.24. The van der Waals surface area contributed by atoms with E-state index in [9.17, 15) is 4.79 Å². The minimum Gasteiger partial charge on any atom is -0.481 e. The van der Waals surface area contributed by atoms with Gasteiger partial charge in [0.05, 0.1) is 6.61 Å². The summed E-state index contributed by atoms with van der Waals surface area (Å²) in [6, 6.07) is 3.85. The Morgan fingerprint density at radius 2 is 2.25 bits per heavy atom. The van der Waals surface area contributed by atoms with Gasteiger partial charge in [-0.05, 0) is 24.5 Å². The topological polar surface area (TPSA) is 59.4 Å². The maximum Gasteiger partial charge on any atom is 0.303 e. The molecule has 0 saturated carbocycles. The van der Waals surface area contributed by atoms with Gasteiger partial charge in [0.2, 0.25) is 0 Å². The molecule has 88 valence electrons. The number of pyridine rings is 1. The smallest absolute Gasteiger partial charge is 0.303 e. The quantitative estimate of drug-likeness (QED) is 0.687. The Balaban J connectivity index is 1.94. The molecule has 0 atom stereocenters. The number of aromatic nitrogens is 1. The molecule has 16 heavy (non-hydrogen) atoms. The average Bonchev–Trinajstić information content (AvgIpc) is 2.29. The van der Waals surface area contributed by atoms with Crippen LogP contribution in [0, 0.1) is 0 Å². The molecule has 4 nitrogen and oxygen atoms in total. The van der Waals surface area contributed by atoms with Gasteiger partial charge in [-0.15, -0.1) is 0 Å². The van der Waals surface area contributed by atoms with Crippen molar-refractivity contribution in [3.8, 4) is 0 Å². The van der Waals surface area contributed by atoms with E-state index < -0.39 is 5.97 Å². The number of unbranched alkanes of at least 4 members (excludes halogenated alkanes) is 2. The van der Waals surface area contributed by atoms with E-state index >= 15 is 0 Å². The zero-order valence-corrected chi connectivity index (χ0v) is 9.26. The highest BCUT2D eigenvalue weighted by Gasteiger charge is 1.96. The Hall–Kier alpha value is -1.42. The van der Waals surface area contributed by atoms with Crippen LogP contribution in [0.4, 0.5) is 0 Å². The van der Waals surface area contributed by atoms with Crippen molar-refractivity contribution in [1.82, 2.24) is 4.98 Å². The molecule has 1 aromatic rings. The van der Waals surface area contributed by atoms with Gasteiger partial charge in [0.1, 0.15) is 0 Å². The van der Waals surface area contributed by atoms with Crippen molar-refractivity contribution < 1.29 is 14.6 Å². The number of aliphatic carboxylic acids is 1. The average molecular weight is 223 g/mol. The molecule has 4 heteroatoms. The third-order valence-corrected chi connectivity index (χ3v) is 2.17.